The van der Waals surface area contributed by atoms with Crippen LogP contribution >= 0.6 is 0 Å². The summed E-state index contributed by atoms with van der Waals surface area (Å²) in [7, 11) is 0. The minimum absolute atomic E-state index is 0.238. The number of rotatable bonds is 50. The molecule has 0 aromatic heterocycles. The van der Waals surface area contributed by atoms with Crippen molar-refractivity contribution in [1.82, 2.24) is 5.32 Å². The van der Waals surface area contributed by atoms with E-state index in [-0.39, 0.29) is 18.9 Å². The van der Waals surface area contributed by atoms with E-state index >= 15 is 0 Å². The molecule has 0 aromatic carbocycles. The number of amides is 1. The molecule has 12 atom stereocenters. The third-order valence-electron chi connectivity index (χ3n) is 15.3. The fraction of sp³-hybridized carbons (Fsp3) is 0.887. The van der Waals surface area contributed by atoms with Crippen LogP contribution in [0.2, 0.25) is 0 Å². The van der Waals surface area contributed by atoms with E-state index in [9.17, 15) is 45.6 Å². The maximum atomic E-state index is 13.3. The first kappa shape index (κ1) is 70.3. The normalized spacial score (nSPS) is 25.1. The van der Waals surface area contributed by atoms with Crippen molar-refractivity contribution in [1.29, 1.82) is 0 Å². The molecule has 2 aliphatic rings. The lowest BCUT2D eigenvalue weighted by Gasteiger charge is -2.46. The van der Waals surface area contributed by atoms with Crippen LogP contribution in [0.4, 0.5) is 0 Å². The summed E-state index contributed by atoms with van der Waals surface area (Å²) in [5, 5.41) is 87.2. The third kappa shape index (κ3) is 33.1. The first-order valence-corrected chi connectivity index (χ1v) is 31.2. The molecule has 2 fully saturated rings. The van der Waals surface area contributed by atoms with E-state index in [4.69, 9.17) is 18.9 Å². The zero-order valence-electron chi connectivity index (χ0n) is 48.0. The second-order valence-corrected chi connectivity index (χ2v) is 22.2. The molecule has 2 heterocycles. The molecular weight excluding hydrogens is 967 g/mol. The van der Waals surface area contributed by atoms with Crippen LogP contribution in [0.25, 0.3) is 0 Å². The second-order valence-electron chi connectivity index (χ2n) is 22.2. The van der Waals surface area contributed by atoms with Gasteiger partial charge in [-0.2, -0.15) is 0 Å². The van der Waals surface area contributed by atoms with Crippen LogP contribution in [0, 0.1) is 0 Å². The van der Waals surface area contributed by atoms with E-state index in [0.717, 1.165) is 44.9 Å². The van der Waals surface area contributed by atoms with Gasteiger partial charge in [-0.05, 0) is 51.4 Å². The number of nitrogens with one attached hydrogen (secondary N) is 1. The highest BCUT2D eigenvalue weighted by Gasteiger charge is 2.51. The van der Waals surface area contributed by atoms with Gasteiger partial charge in [-0.15, -0.1) is 0 Å². The highest BCUT2D eigenvalue weighted by Crippen LogP contribution is 2.30. The van der Waals surface area contributed by atoms with E-state index < -0.39 is 86.8 Å². The molecular formula is C62H115NO13. The lowest BCUT2D eigenvalue weighted by Crippen LogP contribution is -2.65. The molecule has 0 bridgehead atoms. The molecule has 14 nitrogen and oxygen atoms in total. The topological polar surface area (TPSA) is 228 Å². The number of carbonyl (C=O) groups excluding carboxylic acids is 1. The fourth-order valence-electron chi connectivity index (χ4n) is 10.3. The summed E-state index contributed by atoms with van der Waals surface area (Å²) in [5.74, 6) is -0.238. The average molecular weight is 1080 g/mol. The zero-order chi connectivity index (χ0) is 55.3. The number of aliphatic hydroxyl groups is 8. The Morgan fingerprint density at radius 2 is 0.868 bits per heavy atom. The van der Waals surface area contributed by atoms with E-state index in [2.05, 4.69) is 43.5 Å². The van der Waals surface area contributed by atoms with Gasteiger partial charge in [-0.1, -0.05) is 237 Å². The Kier molecular flexibility index (Phi) is 44.4. The molecule has 2 aliphatic heterocycles. The summed E-state index contributed by atoms with van der Waals surface area (Å²) in [5.41, 5.74) is 0. The van der Waals surface area contributed by atoms with Crippen molar-refractivity contribution in [2.45, 2.75) is 331 Å². The van der Waals surface area contributed by atoms with Crippen molar-refractivity contribution < 1.29 is 64.6 Å². The van der Waals surface area contributed by atoms with Crippen molar-refractivity contribution >= 4 is 5.91 Å². The maximum absolute atomic E-state index is 13.3. The Bertz CT molecular complexity index is 1410. The number of aliphatic hydroxyl groups excluding tert-OH is 8. The van der Waals surface area contributed by atoms with Gasteiger partial charge in [0.05, 0.1) is 32.0 Å². The Hall–Kier alpha value is -1.79. The Morgan fingerprint density at radius 1 is 0.474 bits per heavy atom. The predicted octanol–water partition coefficient (Wildman–Crippen LogP) is 11.0. The summed E-state index contributed by atoms with van der Waals surface area (Å²) in [6, 6.07) is -0.914. The highest BCUT2D eigenvalue weighted by atomic mass is 16.7. The number of hydrogen-bond acceptors (Lipinski definition) is 13. The molecule has 14 heteroatoms. The lowest BCUT2D eigenvalue weighted by atomic mass is 9.97. The van der Waals surface area contributed by atoms with Crippen LogP contribution in [0.3, 0.4) is 0 Å². The summed E-state index contributed by atoms with van der Waals surface area (Å²) in [4.78, 5) is 13.3. The standard InChI is InChI=1S/C62H115NO13/c1-3-5-7-9-11-13-15-17-19-21-22-23-24-25-26-27-28-30-32-34-36-38-40-42-44-46-54(67)63-50(51(66)45-43-41-39-37-35-33-31-29-20-18-16-14-12-10-8-6-4-2)49-73-61-59(72)57(70)60(53(48-65)75-61)76-62-58(71)56(69)55(68)52(47-64)74-62/h15,17,21-22,43,45,50-53,55-62,64-66,68-72H,3-14,16,18-20,23-42,44,46-49H2,1-2H3,(H,63,67)/b17-15-,22-21-,45-43+. The summed E-state index contributed by atoms with van der Waals surface area (Å²) in [6.45, 7) is 2.81. The van der Waals surface area contributed by atoms with Crippen LogP contribution < -0.4 is 5.32 Å². The lowest BCUT2D eigenvalue weighted by molar-refractivity contribution is -0.359. The summed E-state index contributed by atoms with van der Waals surface area (Å²) >= 11 is 0. The smallest absolute Gasteiger partial charge is 0.220 e. The largest absolute Gasteiger partial charge is 0.394 e. The van der Waals surface area contributed by atoms with Crippen molar-refractivity contribution in [3.8, 4) is 0 Å². The third-order valence-corrected chi connectivity index (χ3v) is 15.3. The van der Waals surface area contributed by atoms with E-state index in [1.807, 2.05) is 6.08 Å². The van der Waals surface area contributed by atoms with Gasteiger partial charge in [0.25, 0.3) is 0 Å². The SMILES string of the molecule is CCCCCCC/C=C\C/C=C\CCCCCCCCCCCCCCCC(=O)NC(COC1OC(CO)C(OC2OC(CO)C(O)C(O)C2O)C(O)C1O)C(O)/C=C/CCCCCCCCCCCCCCCCC. The molecule has 0 aliphatic carbocycles. The number of carbonyl (C=O) groups is 1. The van der Waals surface area contributed by atoms with Gasteiger partial charge in [0.1, 0.15) is 48.8 Å². The second kappa shape index (κ2) is 48.0. The average Bonchev–Trinajstić information content (AvgIpc) is 3.42. The fourth-order valence-corrected chi connectivity index (χ4v) is 10.3. The van der Waals surface area contributed by atoms with E-state index in [1.165, 1.54) is 186 Å². The molecule has 2 saturated heterocycles. The summed E-state index contributed by atoms with van der Waals surface area (Å²) < 4.78 is 22.8. The quantitative estimate of drug-likeness (QED) is 0.0204. The van der Waals surface area contributed by atoms with Crippen LogP contribution in [0.15, 0.2) is 36.5 Å². The number of allylic oxidation sites excluding steroid dienone is 5. The minimum Gasteiger partial charge on any atom is -0.394 e. The van der Waals surface area contributed by atoms with Gasteiger partial charge in [0.2, 0.25) is 5.91 Å². The monoisotopic (exact) mass is 1080 g/mol. The van der Waals surface area contributed by atoms with Gasteiger partial charge in [0.15, 0.2) is 12.6 Å². The number of hydrogen-bond donors (Lipinski definition) is 9. The maximum Gasteiger partial charge on any atom is 0.220 e. The minimum atomic E-state index is -1.79. The first-order valence-electron chi connectivity index (χ1n) is 31.2. The molecule has 0 aromatic rings. The number of ether oxygens (including phenoxy) is 4. The van der Waals surface area contributed by atoms with Crippen molar-refractivity contribution in [2.24, 2.45) is 0 Å². The molecule has 76 heavy (non-hydrogen) atoms. The molecule has 12 unspecified atom stereocenters. The summed E-state index contributed by atoms with van der Waals surface area (Å²) in [6.07, 6.45) is 41.8. The molecule has 0 spiro atoms. The van der Waals surface area contributed by atoms with Crippen LogP contribution in [0.1, 0.15) is 258 Å². The Balaban J connectivity index is 1.73. The van der Waals surface area contributed by atoms with Crippen LogP contribution in [-0.2, 0) is 23.7 Å². The molecule has 9 N–H and O–H groups in total. The van der Waals surface area contributed by atoms with Crippen molar-refractivity contribution in [3.63, 3.8) is 0 Å². The van der Waals surface area contributed by atoms with Gasteiger partial charge in [-0.25, -0.2) is 0 Å². The molecule has 1 amide bonds. The van der Waals surface area contributed by atoms with Gasteiger partial charge in [-0.3, -0.25) is 4.79 Å². The number of unbranched alkanes of at least 4 members (excludes halogenated alkanes) is 33. The Morgan fingerprint density at radius 3 is 1.32 bits per heavy atom. The molecule has 2 rings (SSSR count). The van der Waals surface area contributed by atoms with Crippen molar-refractivity contribution in [3.05, 3.63) is 36.5 Å². The molecule has 0 saturated carbocycles. The van der Waals surface area contributed by atoms with Gasteiger partial charge >= 0.3 is 0 Å². The van der Waals surface area contributed by atoms with Crippen LogP contribution in [0.5, 0.6) is 0 Å². The zero-order valence-corrected chi connectivity index (χ0v) is 48.0. The van der Waals surface area contributed by atoms with Gasteiger partial charge in [0, 0.05) is 6.42 Å². The Labute approximate surface area is 461 Å². The van der Waals surface area contributed by atoms with Crippen LogP contribution in [-0.4, -0.2) is 140 Å². The van der Waals surface area contributed by atoms with Gasteiger partial charge < -0.3 is 65.1 Å². The highest BCUT2D eigenvalue weighted by molar-refractivity contribution is 5.76. The molecule has 446 valence electrons. The molecule has 0 radical (unpaired) electrons. The van der Waals surface area contributed by atoms with E-state index in [0.29, 0.717) is 6.42 Å². The van der Waals surface area contributed by atoms with E-state index in [1.54, 1.807) is 6.08 Å². The predicted molar refractivity (Wildman–Crippen MR) is 305 cm³/mol. The van der Waals surface area contributed by atoms with Crippen molar-refractivity contribution in [2.75, 3.05) is 19.8 Å². The first-order chi connectivity index (χ1) is 37.1.